The minimum Gasteiger partial charge on any atom is -0.469 e. The fourth-order valence-electron chi connectivity index (χ4n) is 1.66. The molecule has 88 valence electrons. The molecule has 1 rings (SSSR count). The van der Waals surface area contributed by atoms with Crippen molar-refractivity contribution in [3.05, 3.63) is 0 Å². The molecule has 0 amide bonds. The molecular formula is C10H20N2O3. The van der Waals surface area contributed by atoms with Gasteiger partial charge >= 0.3 is 5.97 Å². The predicted molar refractivity (Wildman–Crippen MR) is 56.4 cm³/mol. The van der Waals surface area contributed by atoms with Crippen molar-refractivity contribution in [3.63, 3.8) is 0 Å². The van der Waals surface area contributed by atoms with Crippen LogP contribution in [-0.2, 0) is 14.3 Å². The van der Waals surface area contributed by atoms with Crippen molar-refractivity contribution in [1.82, 2.24) is 4.90 Å². The molecular weight excluding hydrogens is 196 g/mol. The highest BCUT2D eigenvalue weighted by atomic mass is 16.5. The van der Waals surface area contributed by atoms with E-state index in [4.69, 9.17) is 10.5 Å². The number of esters is 1. The fraction of sp³-hybridized carbons (Fsp3) is 0.900. The molecule has 1 aliphatic heterocycles. The first-order chi connectivity index (χ1) is 7.27. The predicted octanol–water partition coefficient (Wildman–Crippen LogP) is -0.543. The van der Waals surface area contributed by atoms with E-state index in [1.807, 2.05) is 0 Å². The molecule has 1 aliphatic rings. The molecule has 1 saturated heterocycles. The third-order valence-corrected chi connectivity index (χ3v) is 2.72. The highest BCUT2D eigenvalue weighted by molar-refractivity contribution is 5.72. The Morgan fingerprint density at radius 1 is 1.53 bits per heavy atom. The summed E-state index contributed by atoms with van der Waals surface area (Å²) in [5.74, 6) is -0.372. The van der Waals surface area contributed by atoms with E-state index in [1.165, 1.54) is 7.11 Å². The number of carbonyl (C=O) groups is 1. The van der Waals surface area contributed by atoms with Gasteiger partial charge in [-0.15, -0.1) is 0 Å². The van der Waals surface area contributed by atoms with E-state index < -0.39 is 0 Å². The van der Waals surface area contributed by atoms with Crippen LogP contribution in [0.5, 0.6) is 0 Å². The molecule has 15 heavy (non-hydrogen) atoms. The van der Waals surface area contributed by atoms with Crippen molar-refractivity contribution in [2.75, 3.05) is 46.5 Å². The summed E-state index contributed by atoms with van der Waals surface area (Å²) in [4.78, 5) is 13.6. The van der Waals surface area contributed by atoms with Crippen LogP contribution in [0.15, 0.2) is 0 Å². The summed E-state index contributed by atoms with van der Waals surface area (Å²) in [6.07, 6.45) is 0.767. The van der Waals surface area contributed by atoms with Gasteiger partial charge in [0.15, 0.2) is 0 Å². The van der Waals surface area contributed by atoms with E-state index >= 15 is 0 Å². The van der Waals surface area contributed by atoms with Gasteiger partial charge in [0.05, 0.1) is 26.2 Å². The Labute approximate surface area is 90.5 Å². The van der Waals surface area contributed by atoms with Crippen LogP contribution < -0.4 is 5.73 Å². The molecule has 5 heteroatoms. The van der Waals surface area contributed by atoms with Crippen molar-refractivity contribution in [3.8, 4) is 0 Å². The molecule has 1 unspecified atom stereocenters. The Morgan fingerprint density at radius 2 is 2.20 bits per heavy atom. The van der Waals surface area contributed by atoms with Gasteiger partial charge in [0.2, 0.25) is 0 Å². The number of hydrogen-bond acceptors (Lipinski definition) is 5. The Morgan fingerprint density at radius 3 is 2.73 bits per heavy atom. The van der Waals surface area contributed by atoms with Gasteiger partial charge in [-0.05, 0) is 13.0 Å². The van der Waals surface area contributed by atoms with Gasteiger partial charge in [-0.25, -0.2) is 0 Å². The number of ether oxygens (including phenoxy) is 2. The largest absolute Gasteiger partial charge is 0.469 e. The van der Waals surface area contributed by atoms with Crippen LogP contribution in [0.25, 0.3) is 0 Å². The lowest BCUT2D eigenvalue weighted by atomic mass is 10.1. The third kappa shape index (κ3) is 4.15. The lowest BCUT2D eigenvalue weighted by Gasteiger charge is -2.27. The zero-order valence-corrected chi connectivity index (χ0v) is 9.28. The third-order valence-electron chi connectivity index (χ3n) is 2.72. The monoisotopic (exact) mass is 216 g/mol. The molecule has 0 spiro atoms. The molecule has 5 nitrogen and oxygen atoms in total. The van der Waals surface area contributed by atoms with E-state index in [0.29, 0.717) is 6.54 Å². The molecule has 0 aromatic heterocycles. The van der Waals surface area contributed by atoms with Gasteiger partial charge < -0.3 is 15.2 Å². The molecule has 0 saturated carbocycles. The van der Waals surface area contributed by atoms with Gasteiger partial charge in [-0.1, -0.05) is 0 Å². The highest BCUT2D eigenvalue weighted by Gasteiger charge is 2.19. The highest BCUT2D eigenvalue weighted by Crippen LogP contribution is 2.06. The van der Waals surface area contributed by atoms with E-state index in [2.05, 4.69) is 9.64 Å². The second kappa shape index (κ2) is 6.76. The van der Waals surface area contributed by atoms with E-state index in [0.717, 1.165) is 39.3 Å². The standard InChI is InChI=1S/C10H20N2O3/c1-14-10(13)9(8-11)2-3-12-4-6-15-7-5-12/h9H,2-8,11H2,1H3. The van der Waals surface area contributed by atoms with Crippen LogP contribution in [-0.4, -0.2) is 57.4 Å². The van der Waals surface area contributed by atoms with Gasteiger partial charge in [0, 0.05) is 19.6 Å². The summed E-state index contributed by atoms with van der Waals surface area (Å²) < 4.78 is 9.92. The second-order valence-corrected chi connectivity index (χ2v) is 3.70. The quantitative estimate of drug-likeness (QED) is 0.625. The lowest BCUT2D eigenvalue weighted by molar-refractivity contribution is -0.145. The topological polar surface area (TPSA) is 64.8 Å². The molecule has 0 aromatic carbocycles. The van der Waals surface area contributed by atoms with Crippen LogP contribution >= 0.6 is 0 Å². The van der Waals surface area contributed by atoms with Crippen LogP contribution in [0, 0.1) is 5.92 Å². The molecule has 2 N–H and O–H groups in total. The first-order valence-electron chi connectivity index (χ1n) is 5.36. The van der Waals surface area contributed by atoms with Crippen molar-refractivity contribution in [2.24, 2.45) is 11.7 Å². The molecule has 1 heterocycles. The Balaban J connectivity index is 2.23. The first kappa shape index (κ1) is 12.4. The normalized spacial score (nSPS) is 19.9. The maximum atomic E-state index is 11.3. The van der Waals surface area contributed by atoms with Crippen LogP contribution in [0.2, 0.25) is 0 Å². The second-order valence-electron chi connectivity index (χ2n) is 3.70. The average molecular weight is 216 g/mol. The summed E-state index contributed by atoms with van der Waals surface area (Å²) in [5, 5.41) is 0. The first-order valence-corrected chi connectivity index (χ1v) is 5.36. The van der Waals surface area contributed by atoms with Gasteiger partial charge in [0.1, 0.15) is 0 Å². The maximum Gasteiger partial charge on any atom is 0.309 e. The summed E-state index contributed by atoms with van der Waals surface area (Å²) in [6, 6.07) is 0. The summed E-state index contributed by atoms with van der Waals surface area (Å²) in [5.41, 5.74) is 5.52. The Kier molecular flexibility index (Phi) is 5.60. The van der Waals surface area contributed by atoms with Crippen molar-refractivity contribution in [1.29, 1.82) is 0 Å². The number of hydrogen-bond donors (Lipinski definition) is 1. The van der Waals surface area contributed by atoms with Crippen LogP contribution in [0.3, 0.4) is 0 Å². The Bertz CT molecular complexity index is 193. The summed E-state index contributed by atoms with van der Waals surface area (Å²) in [7, 11) is 1.40. The number of nitrogens with two attached hydrogens (primary N) is 1. The van der Waals surface area contributed by atoms with Crippen molar-refractivity contribution < 1.29 is 14.3 Å². The number of methoxy groups -OCH3 is 1. The number of nitrogens with zero attached hydrogens (tertiary/aromatic N) is 1. The molecule has 0 aromatic rings. The molecule has 1 atom stereocenters. The van der Waals surface area contributed by atoms with Gasteiger partial charge in [-0.3, -0.25) is 9.69 Å². The minimum atomic E-state index is -0.203. The van der Waals surface area contributed by atoms with Crippen molar-refractivity contribution >= 4 is 5.97 Å². The minimum absolute atomic E-state index is 0.169. The number of rotatable bonds is 5. The van der Waals surface area contributed by atoms with E-state index in [-0.39, 0.29) is 11.9 Å². The summed E-state index contributed by atoms with van der Waals surface area (Å²) >= 11 is 0. The molecule has 0 radical (unpaired) electrons. The Hall–Kier alpha value is -0.650. The maximum absolute atomic E-state index is 11.3. The fourth-order valence-corrected chi connectivity index (χ4v) is 1.66. The van der Waals surface area contributed by atoms with Crippen molar-refractivity contribution in [2.45, 2.75) is 6.42 Å². The number of morpholine rings is 1. The zero-order chi connectivity index (χ0) is 11.1. The van der Waals surface area contributed by atoms with Crippen LogP contribution in [0.1, 0.15) is 6.42 Å². The number of carbonyl (C=O) groups excluding carboxylic acids is 1. The van der Waals surface area contributed by atoms with E-state index in [9.17, 15) is 4.79 Å². The summed E-state index contributed by atoms with van der Waals surface area (Å²) in [6.45, 7) is 4.70. The lowest BCUT2D eigenvalue weighted by Crippen LogP contribution is -2.38. The van der Waals surface area contributed by atoms with Gasteiger partial charge in [-0.2, -0.15) is 0 Å². The van der Waals surface area contributed by atoms with E-state index in [1.54, 1.807) is 0 Å². The zero-order valence-electron chi connectivity index (χ0n) is 9.28. The average Bonchev–Trinajstić information content (AvgIpc) is 2.31. The SMILES string of the molecule is COC(=O)C(CN)CCN1CCOCC1. The smallest absolute Gasteiger partial charge is 0.309 e. The molecule has 0 bridgehead atoms. The van der Waals surface area contributed by atoms with Crippen LogP contribution in [0.4, 0.5) is 0 Å². The van der Waals surface area contributed by atoms with Gasteiger partial charge in [0.25, 0.3) is 0 Å². The molecule has 1 fully saturated rings. The molecule has 0 aliphatic carbocycles.